The van der Waals surface area contributed by atoms with Crippen LogP contribution in [-0.4, -0.2) is 26.2 Å². The van der Waals surface area contributed by atoms with Gasteiger partial charge in [0.05, 0.1) is 14.2 Å². The Kier molecular flexibility index (Phi) is 3.99. The van der Waals surface area contributed by atoms with Crippen LogP contribution in [0.15, 0.2) is 18.2 Å². The van der Waals surface area contributed by atoms with Crippen LogP contribution in [-0.2, 0) is 4.79 Å². The molecule has 0 saturated carbocycles. The number of rotatable bonds is 5. The molecule has 3 N–H and O–H groups in total. The fourth-order valence-electron chi connectivity index (χ4n) is 1.25. The summed E-state index contributed by atoms with van der Waals surface area (Å²) < 4.78 is 10.2. The van der Waals surface area contributed by atoms with Crippen LogP contribution in [0, 0.1) is 0 Å². The van der Waals surface area contributed by atoms with E-state index in [9.17, 15) is 4.79 Å². The highest BCUT2D eigenvalue weighted by molar-refractivity contribution is 5.82. The molecule has 1 rings (SSSR count). The molecular formula is C11H16N2O3. The van der Waals surface area contributed by atoms with Crippen molar-refractivity contribution >= 4 is 11.6 Å². The van der Waals surface area contributed by atoms with Gasteiger partial charge in [-0.05, 0) is 19.1 Å². The SMILES string of the molecule is COc1ccc(NC(C)C(N)=O)cc1OC. The van der Waals surface area contributed by atoms with E-state index in [-0.39, 0.29) is 0 Å². The lowest BCUT2D eigenvalue weighted by Crippen LogP contribution is -2.32. The molecule has 1 aromatic carbocycles. The number of primary amides is 1. The van der Waals surface area contributed by atoms with E-state index < -0.39 is 11.9 Å². The molecule has 88 valence electrons. The van der Waals surface area contributed by atoms with Crippen molar-refractivity contribution in [3.63, 3.8) is 0 Å². The first kappa shape index (κ1) is 12.2. The largest absolute Gasteiger partial charge is 0.493 e. The number of carbonyl (C=O) groups is 1. The number of ether oxygens (including phenoxy) is 2. The third-order valence-corrected chi connectivity index (χ3v) is 2.19. The Morgan fingerprint density at radius 2 is 1.94 bits per heavy atom. The summed E-state index contributed by atoms with van der Waals surface area (Å²) in [5, 5.41) is 2.96. The normalized spacial score (nSPS) is 11.7. The van der Waals surface area contributed by atoms with Gasteiger partial charge >= 0.3 is 0 Å². The Bertz CT molecular complexity index is 379. The molecule has 1 atom stereocenters. The first-order valence-electron chi connectivity index (χ1n) is 4.86. The van der Waals surface area contributed by atoms with Crippen molar-refractivity contribution < 1.29 is 14.3 Å². The van der Waals surface area contributed by atoms with Crippen molar-refractivity contribution in [1.82, 2.24) is 0 Å². The van der Waals surface area contributed by atoms with E-state index in [1.165, 1.54) is 0 Å². The number of methoxy groups -OCH3 is 2. The van der Waals surface area contributed by atoms with Gasteiger partial charge in [0.25, 0.3) is 0 Å². The van der Waals surface area contributed by atoms with Crippen molar-refractivity contribution in [2.45, 2.75) is 13.0 Å². The molecule has 0 fully saturated rings. The summed E-state index contributed by atoms with van der Waals surface area (Å²) in [6.07, 6.45) is 0. The van der Waals surface area contributed by atoms with Crippen molar-refractivity contribution in [2.24, 2.45) is 5.73 Å². The fourth-order valence-corrected chi connectivity index (χ4v) is 1.25. The molecule has 1 amide bonds. The summed E-state index contributed by atoms with van der Waals surface area (Å²) in [5.41, 5.74) is 5.91. The molecule has 16 heavy (non-hydrogen) atoms. The molecular weight excluding hydrogens is 208 g/mol. The molecule has 1 unspecified atom stereocenters. The van der Waals surface area contributed by atoms with Gasteiger partial charge in [0.15, 0.2) is 11.5 Å². The van der Waals surface area contributed by atoms with Crippen molar-refractivity contribution in [2.75, 3.05) is 19.5 Å². The number of nitrogens with one attached hydrogen (secondary N) is 1. The van der Waals surface area contributed by atoms with Crippen LogP contribution in [0.1, 0.15) is 6.92 Å². The summed E-state index contributed by atoms with van der Waals surface area (Å²) in [7, 11) is 3.12. The zero-order valence-corrected chi connectivity index (χ0v) is 9.61. The molecule has 0 heterocycles. The van der Waals surface area contributed by atoms with Crippen molar-refractivity contribution in [1.29, 1.82) is 0 Å². The molecule has 0 spiro atoms. The Labute approximate surface area is 94.5 Å². The molecule has 0 aromatic heterocycles. The second-order valence-electron chi connectivity index (χ2n) is 3.34. The zero-order chi connectivity index (χ0) is 12.1. The van der Waals surface area contributed by atoms with Gasteiger partial charge < -0.3 is 20.5 Å². The Hall–Kier alpha value is -1.91. The van der Waals surface area contributed by atoms with Gasteiger partial charge in [0.2, 0.25) is 5.91 Å². The third kappa shape index (κ3) is 2.79. The van der Waals surface area contributed by atoms with E-state index in [2.05, 4.69) is 5.32 Å². The lowest BCUT2D eigenvalue weighted by Gasteiger charge is -2.14. The maximum atomic E-state index is 10.9. The molecule has 0 aliphatic heterocycles. The first-order chi connectivity index (χ1) is 7.58. The standard InChI is InChI=1S/C11H16N2O3/c1-7(11(12)14)13-8-4-5-9(15-2)10(6-8)16-3/h4-7,13H,1-3H3,(H2,12,14). The Morgan fingerprint density at radius 3 is 2.44 bits per heavy atom. The van der Waals surface area contributed by atoms with Gasteiger partial charge in [0, 0.05) is 11.8 Å². The van der Waals surface area contributed by atoms with E-state index in [1.807, 2.05) is 0 Å². The van der Waals surface area contributed by atoms with Crippen LogP contribution in [0.3, 0.4) is 0 Å². The topological polar surface area (TPSA) is 73.6 Å². The van der Waals surface area contributed by atoms with Gasteiger partial charge in [-0.2, -0.15) is 0 Å². The number of amides is 1. The number of hydrogen-bond acceptors (Lipinski definition) is 4. The molecule has 0 radical (unpaired) electrons. The minimum Gasteiger partial charge on any atom is -0.493 e. The lowest BCUT2D eigenvalue weighted by molar-refractivity contribution is -0.118. The number of nitrogens with two attached hydrogens (primary N) is 1. The molecule has 0 saturated heterocycles. The summed E-state index contributed by atoms with van der Waals surface area (Å²) in [5.74, 6) is 0.832. The van der Waals surface area contributed by atoms with Crippen LogP contribution >= 0.6 is 0 Å². The van der Waals surface area contributed by atoms with E-state index in [1.54, 1.807) is 39.3 Å². The number of hydrogen-bond donors (Lipinski definition) is 2. The molecule has 5 nitrogen and oxygen atoms in total. The quantitative estimate of drug-likeness (QED) is 0.782. The average Bonchev–Trinajstić information content (AvgIpc) is 2.28. The highest BCUT2D eigenvalue weighted by atomic mass is 16.5. The van der Waals surface area contributed by atoms with Crippen LogP contribution in [0.2, 0.25) is 0 Å². The van der Waals surface area contributed by atoms with E-state index >= 15 is 0 Å². The summed E-state index contributed by atoms with van der Waals surface area (Å²) in [6.45, 7) is 1.69. The molecule has 0 aliphatic rings. The van der Waals surface area contributed by atoms with E-state index in [0.717, 1.165) is 5.69 Å². The second kappa shape index (κ2) is 5.25. The zero-order valence-electron chi connectivity index (χ0n) is 9.61. The van der Waals surface area contributed by atoms with Gasteiger partial charge in [-0.3, -0.25) is 4.79 Å². The molecule has 0 bridgehead atoms. The van der Waals surface area contributed by atoms with Gasteiger partial charge in [-0.15, -0.1) is 0 Å². The summed E-state index contributed by atoms with van der Waals surface area (Å²) in [6, 6.07) is 4.87. The average molecular weight is 224 g/mol. The van der Waals surface area contributed by atoms with Gasteiger partial charge in [-0.25, -0.2) is 0 Å². The van der Waals surface area contributed by atoms with Crippen LogP contribution in [0.4, 0.5) is 5.69 Å². The van der Waals surface area contributed by atoms with Gasteiger partial charge in [0.1, 0.15) is 6.04 Å². The summed E-state index contributed by atoms with van der Waals surface area (Å²) >= 11 is 0. The number of carbonyl (C=O) groups excluding carboxylic acids is 1. The highest BCUT2D eigenvalue weighted by Crippen LogP contribution is 2.29. The smallest absolute Gasteiger partial charge is 0.239 e. The van der Waals surface area contributed by atoms with Gasteiger partial charge in [-0.1, -0.05) is 0 Å². The predicted molar refractivity (Wildman–Crippen MR) is 61.8 cm³/mol. The number of benzene rings is 1. The fraction of sp³-hybridized carbons (Fsp3) is 0.364. The Balaban J connectivity index is 2.86. The van der Waals surface area contributed by atoms with E-state index in [4.69, 9.17) is 15.2 Å². The maximum absolute atomic E-state index is 10.9. The third-order valence-electron chi connectivity index (χ3n) is 2.19. The minimum absolute atomic E-state index is 0.408. The molecule has 0 aliphatic carbocycles. The van der Waals surface area contributed by atoms with Crippen LogP contribution < -0.4 is 20.5 Å². The predicted octanol–water partition coefficient (Wildman–Crippen LogP) is 0.989. The first-order valence-corrected chi connectivity index (χ1v) is 4.86. The van der Waals surface area contributed by atoms with Crippen LogP contribution in [0.5, 0.6) is 11.5 Å². The van der Waals surface area contributed by atoms with Crippen LogP contribution in [0.25, 0.3) is 0 Å². The minimum atomic E-state index is -0.432. The maximum Gasteiger partial charge on any atom is 0.239 e. The number of anilines is 1. The highest BCUT2D eigenvalue weighted by Gasteiger charge is 2.10. The second-order valence-corrected chi connectivity index (χ2v) is 3.34. The lowest BCUT2D eigenvalue weighted by atomic mass is 10.2. The molecule has 5 heteroatoms. The monoisotopic (exact) mass is 224 g/mol. The van der Waals surface area contributed by atoms with E-state index in [0.29, 0.717) is 11.5 Å². The Morgan fingerprint density at radius 1 is 1.31 bits per heavy atom. The van der Waals surface area contributed by atoms with Crippen molar-refractivity contribution in [3.05, 3.63) is 18.2 Å². The van der Waals surface area contributed by atoms with Crippen molar-refractivity contribution in [3.8, 4) is 11.5 Å². The summed E-state index contributed by atoms with van der Waals surface area (Å²) in [4.78, 5) is 10.9. The molecule has 1 aromatic rings.